The molecule has 3 heteroatoms. The largest absolute Gasteiger partial charge is 0.352 e. The van der Waals surface area contributed by atoms with Crippen molar-refractivity contribution in [2.45, 2.75) is 32.6 Å². The van der Waals surface area contributed by atoms with Gasteiger partial charge in [0.1, 0.15) is 0 Å². The quantitative estimate of drug-likeness (QED) is 0.812. The van der Waals surface area contributed by atoms with Crippen LogP contribution in [0.4, 0.5) is 0 Å². The first-order valence-corrected chi connectivity index (χ1v) is 9.22. The molecule has 0 saturated carbocycles. The summed E-state index contributed by atoms with van der Waals surface area (Å²) in [7, 11) is 0. The van der Waals surface area contributed by atoms with Crippen LogP contribution in [0.2, 0.25) is 0 Å². The van der Waals surface area contributed by atoms with Gasteiger partial charge in [0.05, 0.1) is 0 Å². The summed E-state index contributed by atoms with van der Waals surface area (Å²) in [5, 5.41) is 5.34. The Hall–Kier alpha value is -1.87. The Morgan fingerprint density at radius 2 is 2.00 bits per heavy atom. The number of nitrogens with one attached hydrogen (secondary N) is 1. The van der Waals surface area contributed by atoms with Crippen molar-refractivity contribution < 1.29 is 4.79 Å². The van der Waals surface area contributed by atoms with E-state index < -0.39 is 0 Å². The zero-order valence-corrected chi connectivity index (χ0v) is 14.6. The van der Waals surface area contributed by atoms with Crippen LogP contribution in [0.3, 0.4) is 0 Å². The van der Waals surface area contributed by atoms with E-state index in [9.17, 15) is 4.79 Å². The number of carbonyl (C=O) groups excluding carboxylic acids is 1. The standard InChI is InChI=1S/C21H28N2O/c1-17-7-6-14-23(16-17)13-5-4-12-22-21(24)20-11-10-18-8-2-3-9-19(18)15-20/h2-3,8-11,15,17H,4-7,12-14,16H2,1H3,(H,22,24). The lowest BCUT2D eigenvalue weighted by atomic mass is 10.0. The number of piperidine rings is 1. The lowest BCUT2D eigenvalue weighted by molar-refractivity contribution is 0.0952. The van der Waals surface area contributed by atoms with Gasteiger partial charge in [-0.1, -0.05) is 37.3 Å². The molecule has 1 saturated heterocycles. The average molecular weight is 324 g/mol. The third-order valence-electron chi connectivity index (χ3n) is 4.94. The summed E-state index contributed by atoms with van der Waals surface area (Å²) in [6.45, 7) is 6.75. The van der Waals surface area contributed by atoms with Gasteiger partial charge in [-0.05, 0) is 67.6 Å². The molecule has 1 unspecified atom stereocenters. The van der Waals surface area contributed by atoms with E-state index in [1.54, 1.807) is 0 Å². The molecule has 128 valence electrons. The van der Waals surface area contributed by atoms with Crippen LogP contribution in [0, 0.1) is 5.92 Å². The van der Waals surface area contributed by atoms with E-state index in [2.05, 4.69) is 23.2 Å². The molecule has 1 aliphatic heterocycles. The number of carbonyl (C=O) groups is 1. The molecule has 0 aromatic heterocycles. The summed E-state index contributed by atoms with van der Waals surface area (Å²) < 4.78 is 0. The number of hydrogen-bond acceptors (Lipinski definition) is 2. The molecule has 3 rings (SSSR count). The first-order valence-electron chi connectivity index (χ1n) is 9.22. The van der Waals surface area contributed by atoms with Crippen molar-refractivity contribution in [1.82, 2.24) is 10.2 Å². The van der Waals surface area contributed by atoms with E-state index in [1.807, 2.05) is 36.4 Å². The van der Waals surface area contributed by atoms with E-state index in [0.717, 1.165) is 42.8 Å². The Balaban J connectivity index is 1.40. The Morgan fingerprint density at radius 1 is 1.17 bits per heavy atom. The fraction of sp³-hybridized carbons (Fsp3) is 0.476. The highest BCUT2D eigenvalue weighted by Crippen LogP contribution is 2.16. The maximum absolute atomic E-state index is 12.3. The van der Waals surface area contributed by atoms with Crippen LogP contribution >= 0.6 is 0 Å². The highest BCUT2D eigenvalue weighted by molar-refractivity contribution is 5.98. The van der Waals surface area contributed by atoms with Crippen LogP contribution < -0.4 is 5.32 Å². The average Bonchev–Trinajstić information content (AvgIpc) is 2.61. The molecule has 24 heavy (non-hydrogen) atoms. The van der Waals surface area contributed by atoms with Crippen LogP contribution in [0.5, 0.6) is 0 Å². The second kappa shape index (κ2) is 8.29. The third kappa shape index (κ3) is 4.57. The number of amides is 1. The number of benzene rings is 2. The molecule has 0 radical (unpaired) electrons. The molecule has 3 nitrogen and oxygen atoms in total. The molecule has 0 aliphatic carbocycles. The summed E-state index contributed by atoms with van der Waals surface area (Å²) >= 11 is 0. The fourth-order valence-corrected chi connectivity index (χ4v) is 3.58. The van der Waals surface area contributed by atoms with Crippen molar-refractivity contribution >= 4 is 16.7 Å². The zero-order valence-electron chi connectivity index (χ0n) is 14.6. The van der Waals surface area contributed by atoms with Crippen molar-refractivity contribution in [1.29, 1.82) is 0 Å². The molecule has 2 aromatic carbocycles. The Bertz CT molecular complexity index is 682. The molecular weight excluding hydrogens is 296 g/mol. The van der Waals surface area contributed by atoms with Gasteiger partial charge in [-0.2, -0.15) is 0 Å². The molecular formula is C21H28N2O. The maximum Gasteiger partial charge on any atom is 0.251 e. The molecule has 0 spiro atoms. The molecule has 2 aromatic rings. The minimum Gasteiger partial charge on any atom is -0.352 e. The number of likely N-dealkylation sites (tertiary alicyclic amines) is 1. The van der Waals surface area contributed by atoms with E-state index >= 15 is 0 Å². The highest BCUT2D eigenvalue weighted by atomic mass is 16.1. The maximum atomic E-state index is 12.3. The van der Waals surface area contributed by atoms with Crippen molar-refractivity contribution in [2.75, 3.05) is 26.2 Å². The first kappa shape index (κ1) is 17.0. The summed E-state index contributed by atoms with van der Waals surface area (Å²) in [5.74, 6) is 0.874. The summed E-state index contributed by atoms with van der Waals surface area (Å²) in [4.78, 5) is 14.8. The minimum absolute atomic E-state index is 0.0346. The van der Waals surface area contributed by atoms with Gasteiger partial charge in [-0.15, -0.1) is 0 Å². The first-order chi connectivity index (χ1) is 11.7. The van der Waals surface area contributed by atoms with E-state index in [4.69, 9.17) is 0 Å². The van der Waals surface area contributed by atoms with Gasteiger partial charge < -0.3 is 10.2 Å². The summed E-state index contributed by atoms with van der Waals surface area (Å²) in [6.07, 6.45) is 4.91. The van der Waals surface area contributed by atoms with Gasteiger partial charge in [-0.3, -0.25) is 4.79 Å². The Labute approximate surface area is 145 Å². The highest BCUT2D eigenvalue weighted by Gasteiger charge is 2.15. The monoisotopic (exact) mass is 324 g/mol. The molecule has 1 heterocycles. The van der Waals surface area contributed by atoms with Crippen molar-refractivity contribution in [3.63, 3.8) is 0 Å². The lowest BCUT2D eigenvalue weighted by Gasteiger charge is -2.30. The normalized spacial score (nSPS) is 18.6. The molecule has 1 atom stereocenters. The van der Waals surface area contributed by atoms with Gasteiger partial charge in [-0.25, -0.2) is 0 Å². The van der Waals surface area contributed by atoms with Gasteiger partial charge in [0.2, 0.25) is 0 Å². The topological polar surface area (TPSA) is 32.3 Å². The molecule has 1 amide bonds. The predicted octanol–water partition coefficient (Wildman–Crippen LogP) is 4.08. The van der Waals surface area contributed by atoms with Crippen molar-refractivity contribution in [3.8, 4) is 0 Å². The van der Waals surface area contributed by atoms with Crippen LogP contribution in [0.25, 0.3) is 10.8 Å². The predicted molar refractivity (Wildman–Crippen MR) is 100 cm³/mol. The number of nitrogens with zero attached hydrogens (tertiary/aromatic N) is 1. The second-order valence-electron chi connectivity index (χ2n) is 7.07. The third-order valence-corrected chi connectivity index (χ3v) is 4.94. The Kier molecular flexibility index (Phi) is 5.86. The smallest absolute Gasteiger partial charge is 0.251 e. The van der Waals surface area contributed by atoms with Gasteiger partial charge in [0.25, 0.3) is 5.91 Å². The molecule has 1 aliphatic rings. The van der Waals surface area contributed by atoms with E-state index in [1.165, 1.54) is 31.3 Å². The van der Waals surface area contributed by atoms with Gasteiger partial charge >= 0.3 is 0 Å². The van der Waals surface area contributed by atoms with E-state index in [-0.39, 0.29) is 5.91 Å². The number of rotatable bonds is 6. The minimum atomic E-state index is 0.0346. The molecule has 0 bridgehead atoms. The van der Waals surface area contributed by atoms with E-state index in [0.29, 0.717) is 0 Å². The zero-order chi connectivity index (χ0) is 16.8. The second-order valence-corrected chi connectivity index (χ2v) is 7.07. The van der Waals surface area contributed by atoms with Crippen molar-refractivity contribution in [2.24, 2.45) is 5.92 Å². The number of hydrogen-bond donors (Lipinski definition) is 1. The van der Waals surface area contributed by atoms with Crippen LogP contribution in [0.1, 0.15) is 43.0 Å². The molecule has 1 fully saturated rings. The van der Waals surface area contributed by atoms with Crippen LogP contribution in [-0.4, -0.2) is 37.0 Å². The van der Waals surface area contributed by atoms with Crippen LogP contribution in [0.15, 0.2) is 42.5 Å². The Morgan fingerprint density at radius 3 is 2.83 bits per heavy atom. The SMILES string of the molecule is CC1CCCN(CCCCNC(=O)c2ccc3ccccc3c2)C1. The summed E-state index contributed by atoms with van der Waals surface area (Å²) in [6, 6.07) is 14.0. The van der Waals surface area contributed by atoms with Crippen molar-refractivity contribution in [3.05, 3.63) is 48.0 Å². The van der Waals surface area contributed by atoms with Gasteiger partial charge in [0.15, 0.2) is 0 Å². The molecule has 1 N–H and O–H groups in total. The lowest BCUT2D eigenvalue weighted by Crippen LogP contribution is -2.35. The summed E-state index contributed by atoms with van der Waals surface area (Å²) in [5.41, 5.74) is 0.749. The fourth-order valence-electron chi connectivity index (χ4n) is 3.58. The number of unbranched alkanes of at least 4 members (excludes halogenated alkanes) is 1. The number of fused-ring (bicyclic) bond motifs is 1. The van der Waals surface area contributed by atoms with Crippen LogP contribution in [-0.2, 0) is 0 Å². The van der Waals surface area contributed by atoms with Gasteiger partial charge in [0, 0.05) is 18.7 Å².